The molecule has 0 saturated carbocycles. The van der Waals surface area contributed by atoms with Crippen LogP contribution in [-0.4, -0.2) is 11.4 Å². The Morgan fingerprint density at radius 3 is 2.27 bits per heavy atom. The summed E-state index contributed by atoms with van der Waals surface area (Å²) in [4.78, 5) is 0. The van der Waals surface area contributed by atoms with E-state index in [0.29, 0.717) is 5.56 Å². The van der Waals surface area contributed by atoms with Crippen molar-refractivity contribution in [2.45, 2.75) is 0 Å². The third kappa shape index (κ3) is 3.00. The van der Waals surface area contributed by atoms with Crippen molar-refractivity contribution in [1.29, 1.82) is 0 Å². The lowest BCUT2D eigenvalue weighted by atomic mass is 10.2. The monoisotopic (exact) mass is 174 g/mol. The number of hydrogen-bond donors (Lipinski definition) is 1. The molecule has 0 amide bonds. The molecule has 1 aromatic rings. The number of halogens is 2. The van der Waals surface area contributed by atoms with Crippen LogP contribution in [0.25, 0.3) is 0 Å². The molecule has 0 heterocycles. The highest BCUT2D eigenvalue weighted by molar-refractivity contribution is 5.78. The van der Waals surface area contributed by atoms with Crippen molar-refractivity contribution in [2.24, 2.45) is 5.16 Å². The summed E-state index contributed by atoms with van der Waals surface area (Å²) in [6.45, 7) is 0. The van der Waals surface area contributed by atoms with Crippen LogP contribution in [0.3, 0.4) is 0 Å². The molecule has 11 heavy (non-hydrogen) atoms. The van der Waals surface area contributed by atoms with E-state index < -0.39 is 0 Å². The molecule has 4 heteroatoms. The molecule has 60 valence electrons. The van der Waals surface area contributed by atoms with Gasteiger partial charge < -0.3 is 17.6 Å². The van der Waals surface area contributed by atoms with E-state index in [4.69, 9.17) is 5.21 Å². The summed E-state index contributed by atoms with van der Waals surface area (Å²) in [7, 11) is 0. The fourth-order valence-corrected chi connectivity index (χ4v) is 0.616. The van der Waals surface area contributed by atoms with E-state index in [1.165, 1.54) is 30.5 Å². The maximum absolute atomic E-state index is 12.2. The van der Waals surface area contributed by atoms with Crippen molar-refractivity contribution in [1.82, 2.24) is 0 Å². The third-order valence-electron chi connectivity index (χ3n) is 1.08. The van der Waals surface area contributed by atoms with E-state index in [-0.39, 0.29) is 18.2 Å². The van der Waals surface area contributed by atoms with Crippen molar-refractivity contribution in [3.05, 3.63) is 35.6 Å². The molecule has 0 spiro atoms. The van der Waals surface area contributed by atoms with Crippen molar-refractivity contribution in [3.63, 3.8) is 0 Å². The van der Waals surface area contributed by atoms with Crippen LogP contribution in [-0.2, 0) is 0 Å². The Bertz CT molecular complexity index is 235. The van der Waals surface area contributed by atoms with Gasteiger partial charge in [-0.1, -0.05) is 17.3 Å². The number of hydrogen-bond acceptors (Lipinski definition) is 2. The van der Waals surface area contributed by atoms with Crippen molar-refractivity contribution < 1.29 is 22.0 Å². The highest BCUT2D eigenvalue weighted by atomic mass is 35.5. The van der Waals surface area contributed by atoms with E-state index in [9.17, 15) is 4.39 Å². The first-order valence-electron chi connectivity index (χ1n) is 2.76. The Morgan fingerprint density at radius 2 is 1.82 bits per heavy atom. The predicted molar refractivity (Wildman–Crippen MR) is 35.8 cm³/mol. The Labute approximate surface area is 69.8 Å². The van der Waals surface area contributed by atoms with Crippen LogP contribution in [0, 0.1) is 5.82 Å². The first-order chi connectivity index (χ1) is 4.83. The minimum atomic E-state index is -0.296. The van der Waals surface area contributed by atoms with E-state index in [1.807, 2.05) is 0 Å². The molecule has 0 aliphatic heterocycles. The molecule has 0 bridgehead atoms. The number of nitrogens with zero attached hydrogens (tertiary/aromatic N) is 1. The summed E-state index contributed by atoms with van der Waals surface area (Å²) >= 11 is 0. The lowest BCUT2D eigenvalue weighted by molar-refractivity contribution is -0.00000348. The summed E-state index contributed by atoms with van der Waals surface area (Å²) in [5.74, 6) is -0.296. The zero-order valence-electron chi connectivity index (χ0n) is 5.54. The van der Waals surface area contributed by atoms with Crippen LogP contribution in [0.1, 0.15) is 5.56 Å². The van der Waals surface area contributed by atoms with E-state index in [1.54, 1.807) is 0 Å². The summed E-state index contributed by atoms with van der Waals surface area (Å²) in [6.07, 6.45) is 1.24. The SMILES string of the molecule is ON=Cc1ccc(F)cc1.[Cl-]. The Hall–Kier alpha value is -1.09. The zero-order valence-corrected chi connectivity index (χ0v) is 6.29. The molecule has 1 aromatic carbocycles. The van der Waals surface area contributed by atoms with Gasteiger partial charge >= 0.3 is 0 Å². The van der Waals surface area contributed by atoms with Gasteiger partial charge in [-0.3, -0.25) is 0 Å². The van der Waals surface area contributed by atoms with Crippen molar-refractivity contribution in [2.75, 3.05) is 0 Å². The largest absolute Gasteiger partial charge is 1.00 e. The smallest absolute Gasteiger partial charge is 0.123 e. The minimum Gasteiger partial charge on any atom is -1.00 e. The van der Waals surface area contributed by atoms with Gasteiger partial charge in [-0.2, -0.15) is 0 Å². The normalized spacial score (nSPS) is 9.55. The first-order valence-corrected chi connectivity index (χ1v) is 2.76. The molecule has 0 unspecified atom stereocenters. The fraction of sp³-hybridized carbons (Fsp3) is 0. The molecule has 0 radical (unpaired) electrons. The molecule has 0 aromatic heterocycles. The summed E-state index contributed by atoms with van der Waals surface area (Å²) in [5, 5.41) is 10.9. The van der Waals surface area contributed by atoms with Crippen LogP contribution < -0.4 is 12.4 Å². The standard InChI is InChI=1S/C7H6FNO.ClH/c8-7-3-1-6(2-4-7)5-9-10;/h1-5,10H;1H/p-1. The lowest BCUT2D eigenvalue weighted by Gasteiger charge is -1.88. The summed E-state index contributed by atoms with van der Waals surface area (Å²) < 4.78 is 12.2. The van der Waals surface area contributed by atoms with Gasteiger partial charge in [0.2, 0.25) is 0 Å². The van der Waals surface area contributed by atoms with Gasteiger partial charge in [-0.25, -0.2) is 4.39 Å². The molecule has 1 rings (SSSR count). The second-order valence-corrected chi connectivity index (χ2v) is 1.80. The van der Waals surface area contributed by atoms with E-state index in [2.05, 4.69) is 5.16 Å². The second-order valence-electron chi connectivity index (χ2n) is 1.80. The lowest BCUT2D eigenvalue weighted by Crippen LogP contribution is -3.00. The Kier molecular flexibility index (Phi) is 4.22. The van der Waals surface area contributed by atoms with E-state index >= 15 is 0 Å². The number of benzene rings is 1. The highest BCUT2D eigenvalue weighted by Crippen LogP contribution is 1.99. The molecule has 2 nitrogen and oxygen atoms in total. The molecule has 0 aliphatic rings. The average Bonchev–Trinajstić information content (AvgIpc) is 1.95. The molecule has 0 aliphatic carbocycles. The van der Waals surface area contributed by atoms with Crippen molar-refractivity contribution >= 4 is 6.21 Å². The topological polar surface area (TPSA) is 32.6 Å². The van der Waals surface area contributed by atoms with Crippen LogP contribution in [0.5, 0.6) is 0 Å². The molecule has 1 N–H and O–H groups in total. The molecule has 0 atom stereocenters. The maximum atomic E-state index is 12.2. The van der Waals surface area contributed by atoms with Gasteiger partial charge in [-0.05, 0) is 17.7 Å². The highest BCUT2D eigenvalue weighted by Gasteiger charge is 1.87. The molecule has 0 fully saturated rings. The van der Waals surface area contributed by atoms with E-state index in [0.717, 1.165) is 0 Å². The summed E-state index contributed by atoms with van der Waals surface area (Å²) in [6, 6.07) is 5.65. The van der Waals surface area contributed by atoms with Gasteiger partial charge in [0, 0.05) is 0 Å². The Morgan fingerprint density at radius 1 is 1.27 bits per heavy atom. The van der Waals surface area contributed by atoms with Gasteiger partial charge in [0.15, 0.2) is 0 Å². The first kappa shape index (κ1) is 9.91. The number of oxime groups is 1. The molecular weight excluding hydrogens is 169 g/mol. The van der Waals surface area contributed by atoms with Crippen LogP contribution >= 0.6 is 0 Å². The van der Waals surface area contributed by atoms with Gasteiger partial charge in [0.1, 0.15) is 5.82 Å². The van der Waals surface area contributed by atoms with Gasteiger partial charge in [0.05, 0.1) is 6.21 Å². The third-order valence-corrected chi connectivity index (χ3v) is 1.08. The van der Waals surface area contributed by atoms with Crippen LogP contribution in [0.4, 0.5) is 4.39 Å². The predicted octanol–water partition coefficient (Wildman–Crippen LogP) is -1.36. The second kappa shape index (κ2) is 4.68. The molecule has 0 saturated heterocycles. The summed E-state index contributed by atoms with van der Waals surface area (Å²) in [5.41, 5.74) is 0.670. The van der Waals surface area contributed by atoms with Gasteiger partial charge in [-0.15, -0.1) is 0 Å². The maximum Gasteiger partial charge on any atom is 0.123 e. The average molecular weight is 175 g/mol. The minimum absolute atomic E-state index is 0. The van der Waals surface area contributed by atoms with Gasteiger partial charge in [0.25, 0.3) is 0 Å². The van der Waals surface area contributed by atoms with Crippen LogP contribution in [0.2, 0.25) is 0 Å². The van der Waals surface area contributed by atoms with Crippen LogP contribution in [0.15, 0.2) is 29.4 Å². The fourth-order valence-electron chi connectivity index (χ4n) is 0.616. The molecular formula is C7H6ClFNO-. The quantitative estimate of drug-likeness (QED) is 0.318. The van der Waals surface area contributed by atoms with Crippen molar-refractivity contribution in [3.8, 4) is 0 Å². The Balaban J connectivity index is 0.000001000. The number of rotatable bonds is 1. The zero-order chi connectivity index (χ0) is 7.40.